The van der Waals surface area contributed by atoms with Gasteiger partial charge in [0.2, 0.25) is 5.91 Å². The van der Waals surface area contributed by atoms with Crippen LogP contribution in [0.4, 0.5) is 16.2 Å². The molecule has 0 aromatic heterocycles. The van der Waals surface area contributed by atoms with Crippen molar-refractivity contribution in [1.29, 1.82) is 0 Å². The summed E-state index contributed by atoms with van der Waals surface area (Å²) in [6.07, 6.45) is 1.83. The molecule has 3 amide bonds. The molecule has 6 heteroatoms. The molecule has 0 saturated carbocycles. The Morgan fingerprint density at radius 3 is 2.48 bits per heavy atom. The summed E-state index contributed by atoms with van der Waals surface area (Å²) in [5.41, 5.74) is 2.76. The quantitative estimate of drug-likeness (QED) is 0.873. The molecule has 0 radical (unpaired) electrons. The highest BCUT2D eigenvalue weighted by Crippen LogP contribution is 2.33. The Balaban J connectivity index is 1.46. The van der Waals surface area contributed by atoms with Crippen molar-refractivity contribution in [2.24, 2.45) is 0 Å². The Bertz CT molecular complexity index is 884. The van der Waals surface area contributed by atoms with E-state index in [2.05, 4.69) is 17.1 Å². The number of amides is 3. The number of likely N-dealkylation sites (N-methyl/N-ethyl adjacent to an activating group) is 1. The van der Waals surface area contributed by atoms with E-state index in [0.29, 0.717) is 26.2 Å². The third kappa shape index (κ3) is 3.85. The van der Waals surface area contributed by atoms with Crippen LogP contribution in [0, 0.1) is 0 Å². The molecule has 2 saturated heterocycles. The number of hydrogen-bond acceptors (Lipinski definition) is 3. The molecule has 29 heavy (non-hydrogen) atoms. The lowest BCUT2D eigenvalue weighted by Crippen LogP contribution is -2.64. The minimum atomic E-state index is -0.215. The van der Waals surface area contributed by atoms with E-state index < -0.39 is 0 Å². The highest BCUT2D eigenvalue weighted by Gasteiger charge is 2.48. The highest BCUT2D eigenvalue weighted by atomic mass is 16.2. The minimum Gasteiger partial charge on any atom is -0.323 e. The number of hydrogen-bond donors (Lipinski definition) is 1. The zero-order valence-electron chi connectivity index (χ0n) is 17.1. The first kappa shape index (κ1) is 19.5. The lowest BCUT2D eigenvalue weighted by Gasteiger charge is -2.46. The number of para-hydroxylation sites is 1. The zero-order chi connectivity index (χ0) is 20.4. The van der Waals surface area contributed by atoms with Gasteiger partial charge in [-0.3, -0.25) is 9.69 Å². The topological polar surface area (TPSA) is 55.9 Å². The largest absolute Gasteiger partial charge is 0.323 e. The highest BCUT2D eigenvalue weighted by molar-refractivity contribution is 5.96. The van der Waals surface area contributed by atoms with Gasteiger partial charge in [0.1, 0.15) is 0 Å². The van der Waals surface area contributed by atoms with E-state index in [0.717, 1.165) is 24.2 Å². The van der Waals surface area contributed by atoms with E-state index in [1.54, 1.807) is 0 Å². The van der Waals surface area contributed by atoms with Crippen LogP contribution in [0.25, 0.3) is 0 Å². The molecule has 1 atom stereocenters. The SMILES string of the molecule is CCc1ccc(NC(=O)N2CC[C@@]3(C2)CN(c2ccccc2)C(=O)CN3C)cc1. The predicted molar refractivity (Wildman–Crippen MR) is 115 cm³/mol. The van der Waals surface area contributed by atoms with Gasteiger partial charge in [-0.1, -0.05) is 37.3 Å². The van der Waals surface area contributed by atoms with Crippen LogP contribution in [0.5, 0.6) is 0 Å². The number of nitrogens with zero attached hydrogens (tertiary/aromatic N) is 3. The third-order valence-electron chi connectivity index (χ3n) is 6.24. The monoisotopic (exact) mass is 392 g/mol. The number of urea groups is 1. The molecule has 2 heterocycles. The van der Waals surface area contributed by atoms with E-state index in [1.165, 1.54) is 5.56 Å². The molecule has 152 valence electrons. The van der Waals surface area contributed by atoms with Crippen LogP contribution in [-0.2, 0) is 11.2 Å². The first-order valence-corrected chi connectivity index (χ1v) is 10.2. The number of anilines is 2. The molecular weight excluding hydrogens is 364 g/mol. The Labute approximate surface area is 172 Å². The van der Waals surface area contributed by atoms with Crippen molar-refractivity contribution in [3.63, 3.8) is 0 Å². The first-order valence-electron chi connectivity index (χ1n) is 10.2. The maximum Gasteiger partial charge on any atom is 0.321 e. The van der Waals surface area contributed by atoms with Gasteiger partial charge in [-0.15, -0.1) is 0 Å². The van der Waals surface area contributed by atoms with Crippen molar-refractivity contribution in [2.75, 3.05) is 43.4 Å². The second-order valence-corrected chi connectivity index (χ2v) is 8.05. The molecule has 6 nitrogen and oxygen atoms in total. The summed E-state index contributed by atoms with van der Waals surface area (Å²) in [7, 11) is 1.99. The van der Waals surface area contributed by atoms with E-state index in [4.69, 9.17) is 0 Å². The van der Waals surface area contributed by atoms with Gasteiger partial charge in [-0.25, -0.2) is 4.79 Å². The number of nitrogens with one attached hydrogen (secondary N) is 1. The molecule has 2 aromatic rings. The van der Waals surface area contributed by atoms with E-state index in [-0.39, 0.29) is 17.5 Å². The Morgan fingerprint density at radius 1 is 1.07 bits per heavy atom. The second-order valence-electron chi connectivity index (χ2n) is 8.05. The maximum atomic E-state index is 12.8. The van der Waals surface area contributed by atoms with Crippen LogP contribution >= 0.6 is 0 Å². The third-order valence-corrected chi connectivity index (χ3v) is 6.24. The number of rotatable bonds is 3. The van der Waals surface area contributed by atoms with Crippen LogP contribution in [0.15, 0.2) is 54.6 Å². The lowest BCUT2D eigenvalue weighted by atomic mass is 9.92. The van der Waals surface area contributed by atoms with Gasteiger partial charge in [-0.05, 0) is 49.7 Å². The smallest absolute Gasteiger partial charge is 0.321 e. The van der Waals surface area contributed by atoms with Gasteiger partial charge in [0.25, 0.3) is 0 Å². The fourth-order valence-corrected chi connectivity index (χ4v) is 4.30. The lowest BCUT2D eigenvalue weighted by molar-refractivity contribution is -0.123. The summed E-state index contributed by atoms with van der Waals surface area (Å²) in [6, 6.07) is 17.7. The number of likely N-dealkylation sites (tertiary alicyclic amines) is 1. The van der Waals surface area contributed by atoms with E-state index in [9.17, 15) is 9.59 Å². The van der Waals surface area contributed by atoms with Crippen LogP contribution < -0.4 is 10.2 Å². The maximum absolute atomic E-state index is 12.8. The summed E-state index contributed by atoms with van der Waals surface area (Å²) in [6.45, 7) is 4.37. The Hall–Kier alpha value is -2.86. The normalized spacial score (nSPS) is 22.3. The molecule has 2 fully saturated rings. The zero-order valence-corrected chi connectivity index (χ0v) is 17.1. The molecule has 2 aliphatic heterocycles. The minimum absolute atomic E-state index is 0.0808. The number of piperazine rings is 1. The van der Waals surface area contributed by atoms with Crippen molar-refractivity contribution >= 4 is 23.3 Å². The van der Waals surface area contributed by atoms with Crippen molar-refractivity contribution in [3.05, 3.63) is 60.2 Å². The molecule has 2 aliphatic rings. The van der Waals surface area contributed by atoms with Crippen LogP contribution in [-0.4, -0.2) is 60.5 Å². The number of carbonyl (C=O) groups excluding carboxylic acids is 2. The molecule has 4 rings (SSSR count). The van der Waals surface area contributed by atoms with Crippen molar-refractivity contribution in [3.8, 4) is 0 Å². The molecule has 1 N–H and O–H groups in total. The van der Waals surface area contributed by atoms with Crippen LogP contribution in [0.1, 0.15) is 18.9 Å². The molecule has 1 spiro atoms. The Kier molecular flexibility index (Phi) is 5.28. The fourth-order valence-electron chi connectivity index (χ4n) is 4.30. The van der Waals surface area contributed by atoms with Gasteiger partial charge in [0.15, 0.2) is 0 Å². The van der Waals surface area contributed by atoms with E-state index in [1.807, 2.05) is 71.4 Å². The summed E-state index contributed by atoms with van der Waals surface area (Å²) in [5, 5.41) is 3.01. The van der Waals surface area contributed by atoms with Crippen LogP contribution in [0.2, 0.25) is 0 Å². The first-order chi connectivity index (χ1) is 14.0. The van der Waals surface area contributed by atoms with Gasteiger partial charge in [0, 0.05) is 31.0 Å². The average molecular weight is 393 g/mol. The van der Waals surface area contributed by atoms with Gasteiger partial charge in [0.05, 0.1) is 12.1 Å². The van der Waals surface area contributed by atoms with Crippen molar-refractivity contribution in [1.82, 2.24) is 9.80 Å². The molecule has 0 bridgehead atoms. The van der Waals surface area contributed by atoms with Crippen molar-refractivity contribution < 1.29 is 9.59 Å². The summed E-state index contributed by atoms with van der Waals surface area (Å²) in [4.78, 5) is 31.3. The van der Waals surface area contributed by atoms with Crippen molar-refractivity contribution in [2.45, 2.75) is 25.3 Å². The number of carbonyl (C=O) groups is 2. The van der Waals surface area contributed by atoms with Gasteiger partial charge >= 0.3 is 6.03 Å². The number of benzene rings is 2. The van der Waals surface area contributed by atoms with E-state index >= 15 is 0 Å². The standard InChI is InChI=1S/C23H28N4O2/c1-3-18-9-11-19(12-10-18)24-22(29)26-14-13-23(16-26)17-27(21(28)15-25(23)2)20-7-5-4-6-8-20/h4-12H,3,13-17H2,1-2H3,(H,24,29)/t23-/m1/s1. The summed E-state index contributed by atoms with van der Waals surface area (Å²) in [5.74, 6) is 0.100. The predicted octanol–water partition coefficient (Wildman–Crippen LogP) is 3.20. The fraction of sp³-hybridized carbons (Fsp3) is 0.391. The molecular formula is C23H28N4O2. The number of aryl methyl sites for hydroxylation is 1. The molecule has 0 unspecified atom stereocenters. The molecule has 2 aromatic carbocycles. The molecule has 0 aliphatic carbocycles. The van der Waals surface area contributed by atoms with Crippen LogP contribution in [0.3, 0.4) is 0 Å². The van der Waals surface area contributed by atoms with Gasteiger partial charge in [-0.2, -0.15) is 0 Å². The van der Waals surface area contributed by atoms with Gasteiger partial charge < -0.3 is 15.1 Å². The Morgan fingerprint density at radius 2 is 1.79 bits per heavy atom. The second kappa shape index (κ2) is 7.87. The summed E-state index contributed by atoms with van der Waals surface area (Å²) >= 11 is 0. The summed E-state index contributed by atoms with van der Waals surface area (Å²) < 4.78 is 0. The average Bonchev–Trinajstić information content (AvgIpc) is 3.18.